The Labute approximate surface area is 93.2 Å². The maximum atomic E-state index is 8.76. The van der Waals surface area contributed by atoms with Gasteiger partial charge in [0.2, 0.25) is 0 Å². The zero-order valence-corrected chi connectivity index (χ0v) is 10.1. The van der Waals surface area contributed by atoms with Crippen molar-refractivity contribution < 1.29 is 5.11 Å². The van der Waals surface area contributed by atoms with Gasteiger partial charge in [-0.1, -0.05) is 0 Å². The van der Waals surface area contributed by atoms with Gasteiger partial charge in [-0.2, -0.15) is 0 Å². The van der Waals surface area contributed by atoms with Crippen molar-refractivity contribution in [3.05, 3.63) is 0 Å². The van der Waals surface area contributed by atoms with Crippen molar-refractivity contribution in [3.8, 4) is 0 Å². The van der Waals surface area contributed by atoms with Gasteiger partial charge in [0.1, 0.15) is 0 Å². The van der Waals surface area contributed by atoms with E-state index in [1.54, 1.807) is 0 Å². The smallest absolute Gasteiger partial charge is 0.0445 e. The number of hydrogen-bond acceptors (Lipinski definition) is 4. The Hall–Kier alpha value is -0.160. The highest BCUT2D eigenvalue weighted by molar-refractivity contribution is 4.70. The van der Waals surface area contributed by atoms with Gasteiger partial charge in [-0.3, -0.25) is 4.90 Å². The number of rotatable bonds is 6. The van der Waals surface area contributed by atoms with E-state index >= 15 is 0 Å². The number of aliphatic hydroxyl groups excluding tert-OH is 1. The molecule has 15 heavy (non-hydrogen) atoms. The largest absolute Gasteiger partial charge is 0.396 e. The van der Waals surface area contributed by atoms with Crippen LogP contribution in [0.5, 0.6) is 0 Å². The normalized spacial score (nSPS) is 21.8. The minimum Gasteiger partial charge on any atom is -0.396 e. The van der Waals surface area contributed by atoms with Crippen molar-refractivity contribution in [2.75, 3.05) is 52.9 Å². The molecule has 1 aliphatic rings. The fourth-order valence-electron chi connectivity index (χ4n) is 1.84. The number of likely N-dealkylation sites (N-methyl/N-ethyl adjacent to an activating group) is 1. The maximum Gasteiger partial charge on any atom is 0.0445 e. The van der Waals surface area contributed by atoms with Crippen LogP contribution in [0.15, 0.2) is 0 Å². The lowest BCUT2D eigenvalue weighted by Gasteiger charge is -2.32. The summed E-state index contributed by atoms with van der Waals surface area (Å²) in [7, 11) is 2.18. The standard InChI is InChI=1S/C11H25N3O/c1-11(3-10-15)12-4-5-14-8-6-13(2)7-9-14/h11-12,15H,3-10H2,1-2H3. The molecule has 4 nitrogen and oxygen atoms in total. The number of piperazine rings is 1. The average Bonchev–Trinajstić information content (AvgIpc) is 2.21. The summed E-state index contributed by atoms with van der Waals surface area (Å²) in [5.74, 6) is 0. The molecule has 0 aromatic heterocycles. The van der Waals surface area contributed by atoms with Gasteiger partial charge in [-0.15, -0.1) is 0 Å². The molecule has 0 saturated carbocycles. The number of nitrogens with zero attached hydrogens (tertiary/aromatic N) is 2. The molecule has 0 amide bonds. The number of hydrogen-bond donors (Lipinski definition) is 2. The molecule has 1 rings (SSSR count). The summed E-state index contributed by atoms with van der Waals surface area (Å²) in [5.41, 5.74) is 0. The van der Waals surface area contributed by atoms with Crippen LogP contribution in [0.25, 0.3) is 0 Å². The summed E-state index contributed by atoms with van der Waals surface area (Å²) in [5, 5.41) is 12.2. The lowest BCUT2D eigenvalue weighted by Crippen LogP contribution is -2.47. The van der Waals surface area contributed by atoms with Crippen LogP contribution in [0, 0.1) is 0 Å². The molecule has 2 N–H and O–H groups in total. The molecule has 1 saturated heterocycles. The van der Waals surface area contributed by atoms with E-state index in [9.17, 15) is 0 Å². The molecular weight excluding hydrogens is 190 g/mol. The highest BCUT2D eigenvalue weighted by Gasteiger charge is 2.12. The minimum atomic E-state index is 0.280. The Kier molecular flexibility index (Phi) is 6.17. The second-order valence-electron chi connectivity index (χ2n) is 4.51. The van der Waals surface area contributed by atoms with E-state index in [1.165, 1.54) is 26.2 Å². The molecule has 1 fully saturated rings. The first-order valence-corrected chi connectivity index (χ1v) is 5.97. The summed E-state index contributed by atoms with van der Waals surface area (Å²) in [6, 6.07) is 0.433. The van der Waals surface area contributed by atoms with Crippen LogP contribution >= 0.6 is 0 Å². The number of nitrogens with one attached hydrogen (secondary N) is 1. The lowest BCUT2D eigenvalue weighted by molar-refractivity contribution is 0.153. The monoisotopic (exact) mass is 215 g/mol. The van der Waals surface area contributed by atoms with Gasteiger partial charge in [-0.25, -0.2) is 0 Å². The van der Waals surface area contributed by atoms with Crippen molar-refractivity contribution in [2.45, 2.75) is 19.4 Å². The van der Waals surface area contributed by atoms with Crippen LogP contribution in [0.3, 0.4) is 0 Å². The molecule has 0 bridgehead atoms. The van der Waals surface area contributed by atoms with E-state index in [-0.39, 0.29) is 6.61 Å². The van der Waals surface area contributed by atoms with Crippen molar-refractivity contribution in [1.82, 2.24) is 15.1 Å². The van der Waals surface area contributed by atoms with E-state index in [1.807, 2.05) is 0 Å². The summed E-state index contributed by atoms with van der Waals surface area (Å²) >= 11 is 0. The van der Waals surface area contributed by atoms with Gasteiger partial charge in [0, 0.05) is 51.9 Å². The first-order chi connectivity index (χ1) is 7.22. The van der Waals surface area contributed by atoms with Crippen LogP contribution in [-0.4, -0.2) is 73.9 Å². The van der Waals surface area contributed by atoms with E-state index in [2.05, 4.69) is 29.1 Å². The molecule has 1 unspecified atom stereocenters. The topological polar surface area (TPSA) is 38.7 Å². The van der Waals surface area contributed by atoms with Gasteiger partial charge in [0.05, 0.1) is 0 Å². The second kappa shape index (κ2) is 7.17. The quantitative estimate of drug-likeness (QED) is 0.632. The van der Waals surface area contributed by atoms with E-state index in [0.29, 0.717) is 6.04 Å². The Morgan fingerprint density at radius 2 is 1.93 bits per heavy atom. The van der Waals surface area contributed by atoms with Gasteiger partial charge in [0.15, 0.2) is 0 Å². The third-order valence-electron chi connectivity index (χ3n) is 3.08. The van der Waals surface area contributed by atoms with E-state index in [0.717, 1.165) is 19.5 Å². The average molecular weight is 215 g/mol. The molecule has 0 aromatic carbocycles. The Bertz CT molecular complexity index is 158. The molecule has 0 aliphatic carbocycles. The zero-order chi connectivity index (χ0) is 11.1. The van der Waals surface area contributed by atoms with Gasteiger partial charge in [0.25, 0.3) is 0 Å². The van der Waals surface area contributed by atoms with Crippen molar-refractivity contribution in [3.63, 3.8) is 0 Å². The number of aliphatic hydroxyl groups is 1. The Morgan fingerprint density at radius 1 is 1.27 bits per heavy atom. The maximum absolute atomic E-state index is 8.76. The van der Waals surface area contributed by atoms with Crippen LogP contribution in [0.2, 0.25) is 0 Å². The van der Waals surface area contributed by atoms with Crippen LogP contribution < -0.4 is 5.32 Å². The van der Waals surface area contributed by atoms with E-state index in [4.69, 9.17) is 5.11 Å². The molecular formula is C11H25N3O. The third kappa shape index (κ3) is 5.47. The highest BCUT2D eigenvalue weighted by Crippen LogP contribution is 1.97. The molecule has 0 radical (unpaired) electrons. The second-order valence-corrected chi connectivity index (χ2v) is 4.51. The summed E-state index contributed by atoms with van der Waals surface area (Å²) in [4.78, 5) is 4.87. The summed E-state index contributed by atoms with van der Waals surface area (Å²) in [6.07, 6.45) is 0.850. The molecule has 0 spiro atoms. The van der Waals surface area contributed by atoms with Crippen LogP contribution in [-0.2, 0) is 0 Å². The Balaban J connectivity index is 2.00. The predicted octanol–water partition coefficient (Wildman–Crippen LogP) is -0.406. The third-order valence-corrected chi connectivity index (χ3v) is 3.08. The first kappa shape index (κ1) is 12.9. The van der Waals surface area contributed by atoms with Crippen LogP contribution in [0.4, 0.5) is 0 Å². The molecule has 90 valence electrons. The van der Waals surface area contributed by atoms with Crippen molar-refractivity contribution in [2.24, 2.45) is 0 Å². The summed E-state index contributed by atoms with van der Waals surface area (Å²) in [6.45, 7) is 9.31. The van der Waals surface area contributed by atoms with Gasteiger partial charge < -0.3 is 15.3 Å². The SMILES string of the molecule is CC(CCO)NCCN1CCN(C)CC1. The molecule has 1 heterocycles. The van der Waals surface area contributed by atoms with Crippen molar-refractivity contribution >= 4 is 0 Å². The van der Waals surface area contributed by atoms with Crippen LogP contribution in [0.1, 0.15) is 13.3 Å². The zero-order valence-electron chi connectivity index (χ0n) is 10.1. The molecule has 0 aromatic rings. The summed E-state index contributed by atoms with van der Waals surface area (Å²) < 4.78 is 0. The fraction of sp³-hybridized carbons (Fsp3) is 1.00. The van der Waals surface area contributed by atoms with Gasteiger partial charge >= 0.3 is 0 Å². The highest BCUT2D eigenvalue weighted by atomic mass is 16.3. The molecule has 1 atom stereocenters. The van der Waals surface area contributed by atoms with E-state index < -0.39 is 0 Å². The Morgan fingerprint density at radius 3 is 2.53 bits per heavy atom. The minimum absolute atomic E-state index is 0.280. The predicted molar refractivity (Wildman–Crippen MR) is 63.1 cm³/mol. The van der Waals surface area contributed by atoms with Gasteiger partial charge in [-0.05, 0) is 20.4 Å². The van der Waals surface area contributed by atoms with Crippen molar-refractivity contribution in [1.29, 1.82) is 0 Å². The first-order valence-electron chi connectivity index (χ1n) is 5.97. The molecule has 4 heteroatoms. The lowest BCUT2D eigenvalue weighted by atomic mass is 10.2. The molecule has 1 aliphatic heterocycles. The fourth-order valence-corrected chi connectivity index (χ4v) is 1.84.